The van der Waals surface area contributed by atoms with Crippen LogP contribution in [-0.4, -0.2) is 35.7 Å². The van der Waals surface area contributed by atoms with E-state index in [-0.39, 0.29) is 28.8 Å². The Kier molecular flexibility index (Phi) is 6.99. The van der Waals surface area contributed by atoms with E-state index in [1.54, 1.807) is 18.2 Å². The number of carbonyl (C=O) groups excluding carboxylic acids is 1. The van der Waals surface area contributed by atoms with Crippen LogP contribution >= 0.6 is 11.6 Å². The summed E-state index contributed by atoms with van der Waals surface area (Å²) in [5, 5.41) is 6.57. The van der Waals surface area contributed by atoms with Gasteiger partial charge < -0.3 is 19.6 Å². The van der Waals surface area contributed by atoms with Gasteiger partial charge in [0.15, 0.2) is 5.71 Å². The van der Waals surface area contributed by atoms with Crippen molar-refractivity contribution in [3.05, 3.63) is 70.8 Å². The van der Waals surface area contributed by atoms with Crippen LogP contribution in [0.2, 0.25) is 5.02 Å². The topological polar surface area (TPSA) is 94.9 Å². The second-order valence-corrected chi connectivity index (χ2v) is 6.48. The fourth-order valence-corrected chi connectivity index (χ4v) is 2.75. The highest BCUT2D eigenvalue weighted by Crippen LogP contribution is 2.31. The number of nitrogens with zero attached hydrogens (tertiary/aromatic N) is 3. The van der Waals surface area contributed by atoms with E-state index in [0.29, 0.717) is 10.8 Å². The van der Waals surface area contributed by atoms with Crippen molar-refractivity contribution in [3.8, 4) is 23.3 Å². The Labute approximate surface area is 182 Å². The summed E-state index contributed by atoms with van der Waals surface area (Å²) in [5.41, 5.74) is 0.261. The Morgan fingerprint density at radius 2 is 1.74 bits per heavy atom. The lowest BCUT2D eigenvalue weighted by Crippen LogP contribution is -2.29. The molecule has 0 saturated carbocycles. The molecular formula is C21H18ClFN4O4. The first-order chi connectivity index (χ1) is 14.9. The van der Waals surface area contributed by atoms with Crippen molar-refractivity contribution in [1.82, 2.24) is 15.3 Å². The van der Waals surface area contributed by atoms with Crippen LogP contribution < -0.4 is 14.8 Å². The predicted octanol–water partition coefficient (Wildman–Crippen LogP) is 4.26. The van der Waals surface area contributed by atoms with E-state index in [1.807, 2.05) is 6.92 Å². The summed E-state index contributed by atoms with van der Waals surface area (Å²) in [6.07, 6.45) is 1.23. The van der Waals surface area contributed by atoms with Crippen LogP contribution in [0.3, 0.4) is 0 Å². The van der Waals surface area contributed by atoms with Crippen molar-refractivity contribution in [1.29, 1.82) is 0 Å². The zero-order chi connectivity index (χ0) is 22.4. The largest absolute Gasteiger partial charge is 0.438 e. The summed E-state index contributed by atoms with van der Waals surface area (Å²) >= 11 is 6.12. The molecule has 0 saturated heterocycles. The second-order valence-electron chi connectivity index (χ2n) is 6.08. The van der Waals surface area contributed by atoms with Gasteiger partial charge in [0.05, 0.1) is 11.6 Å². The number of rotatable bonds is 7. The minimum Gasteiger partial charge on any atom is -0.438 e. The average molecular weight is 445 g/mol. The second kappa shape index (κ2) is 9.86. The van der Waals surface area contributed by atoms with Crippen LogP contribution in [0.5, 0.6) is 23.3 Å². The smallest absolute Gasteiger partial charge is 0.273 e. The maximum Gasteiger partial charge on any atom is 0.273 e. The highest BCUT2D eigenvalue weighted by atomic mass is 35.5. The molecule has 160 valence electrons. The minimum atomic E-state index is -0.725. The third kappa shape index (κ3) is 5.07. The van der Waals surface area contributed by atoms with E-state index >= 15 is 0 Å². The van der Waals surface area contributed by atoms with E-state index in [0.717, 1.165) is 5.56 Å². The van der Waals surface area contributed by atoms with Gasteiger partial charge in [-0.15, -0.1) is 0 Å². The Bertz CT molecular complexity index is 1140. The lowest BCUT2D eigenvalue weighted by Gasteiger charge is -2.13. The van der Waals surface area contributed by atoms with Crippen molar-refractivity contribution in [2.75, 3.05) is 14.2 Å². The molecule has 2 aromatic carbocycles. The van der Waals surface area contributed by atoms with Gasteiger partial charge in [-0.1, -0.05) is 28.9 Å². The maximum atomic E-state index is 14.6. The predicted molar refractivity (Wildman–Crippen MR) is 112 cm³/mol. The molecule has 0 aliphatic heterocycles. The molecule has 1 amide bonds. The van der Waals surface area contributed by atoms with Crippen LogP contribution in [-0.2, 0) is 9.63 Å². The van der Waals surface area contributed by atoms with E-state index in [4.69, 9.17) is 25.9 Å². The SMILES string of the molecule is CNC(=O)/C(=N/OC)c1c(F)cccc1Oc1cc(Oc2cccc(Cl)c2C)ncn1. The molecule has 0 atom stereocenters. The molecule has 8 nitrogen and oxygen atoms in total. The zero-order valence-corrected chi connectivity index (χ0v) is 17.6. The molecule has 0 radical (unpaired) electrons. The third-order valence-electron chi connectivity index (χ3n) is 4.10. The number of carbonyl (C=O) groups is 1. The number of nitrogens with one attached hydrogen (secondary N) is 1. The van der Waals surface area contributed by atoms with E-state index < -0.39 is 11.7 Å². The standard InChI is InChI=1S/C21H18ClFN4O4/c1-12-13(22)6-4-8-15(12)30-17-10-18(26-11-25-17)31-16-9-5-7-14(23)19(16)20(27-29-3)21(28)24-2/h4-11H,1-3H3,(H,24,28)/b27-20+. The van der Waals surface area contributed by atoms with E-state index in [1.165, 1.54) is 44.8 Å². The number of aromatic nitrogens is 2. The van der Waals surface area contributed by atoms with Crippen molar-refractivity contribution >= 4 is 23.2 Å². The molecule has 3 rings (SSSR count). The van der Waals surface area contributed by atoms with Crippen molar-refractivity contribution in [2.24, 2.45) is 5.16 Å². The zero-order valence-electron chi connectivity index (χ0n) is 16.8. The number of halogens is 2. The minimum absolute atomic E-state index is 0.00276. The number of hydrogen-bond acceptors (Lipinski definition) is 7. The van der Waals surface area contributed by atoms with Crippen molar-refractivity contribution < 1.29 is 23.5 Å². The van der Waals surface area contributed by atoms with Gasteiger partial charge in [-0.05, 0) is 31.2 Å². The fraction of sp³-hybridized carbons (Fsp3) is 0.143. The van der Waals surface area contributed by atoms with E-state index in [9.17, 15) is 9.18 Å². The molecule has 0 unspecified atom stereocenters. The molecule has 0 aliphatic rings. The normalized spacial score (nSPS) is 11.1. The van der Waals surface area contributed by atoms with Crippen molar-refractivity contribution in [3.63, 3.8) is 0 Å². The van der Waals surface area contributed by atoms with Gasteiger partial charge in [0.1, 0.15) is 30.8 Å². The van der Waals surface area contributed by atoms with Gasteiger partial charge in [0.2, 0.25) is 11.8 Å². The molecule has 31 heavy (non-hydrogen) atoms. The van der Waals surface area contributed by atoms with Gasteiger partial charge in [0, 0.05) is 17.6 Å². The molecule has 0 spiro atoms. The fourth-order valence-electron chi connectivity index (χ4n) is 2.59. The van der Waals surface area contributed by atoms with Gasteiger partial charge in [-0.3, -0.25) is 4.79 Å². The van der Waals surface area contributed by atoms with Crippen LogP contribution in [0.1, 0.15) is 11.1 Å². The number of ether oxygens (including phenoxy) is 2. The number of hydrogen-bond donors (Lipinski definition) is 1. The van der Waals surface area contributed by atoms with Crippen molar-refractivity contribution in [2.45, 2.75) is 6.92 Å². The van der Waals surface area contributed by atoms with Crippen LogP contribution in [0.4, 0.5) is 4.39 Å². The van der Waals surface area contributed by atoms with Gasteiger partial charge in [-0.25, -0.2) is 14.4 Å². The molecular weight excluding hydrogens is 427 g/mol. The first-order valence-corrected chi connectivity index (χ1v) is 9.37. The Balaban J connectivity index is 1.94. The summed E-state index contributed by atoms with van der Waals surface area (Å²) in [6, 6.07) is 10.7. The highest BCUT2D eigenvalue weighted by Gasteiger charge is 2.23. The average Bonchev–Trinajstić information content (AvgIpc) is 2.76. The highest BCUT2D eigenvalue weighted by molar-refractivity contribution is 6.45. The Morgan fingerprint density at radius 3 is 2.42 bits per heavy atom. The molecule has 1 aromatic heterocycles. The summed E-state index contributed by atoms with van der Waals surface area (Å²) in [4.78, 5) is 25.0. The molecule has 3 aromatic rings. The first kappa shape index (κ1) is 22.0. The van der Waals surface area contributed by atoms with Crippen LogP contribution in [0.25, 0.3) is 0 Å². The quantitative estimate of drug-likeness (QED) is 0.432. The van der Waals surface area contributed by atoms with Gasteiger partial charge in [-0.2, -0.15) is 0 Å². The third-order valence-corrected chi connectivity index (χ3v) is 4.51. The lowest BCUT2D eigenvalue weighted by atomic mass is 10.1. The number of amides is 1. The summed E-state index contributed by atoms with van der Waals surface area (Å²) in [7, 11) is 2.64. The summed E-state index contributed by atoms with van der Waals surface area (Å²) in [6.45, 7) is 1.81. The molecule has 0 bridgehead atoms. The number of benzene rings is 2. The summed E-state index contributed by atoms with van der Waals surface area (Å²) in [5.74, 6) is -0.617. The monoisotopic (exact) mass is 444 g/mol. The van der Waals surface area contributed by atoms with Gasteiger partial charge in [0.25, 0.3) is 5.91 Å². The molecule has 0 fully saturated rings. The van der Waals surface area contributed by atoms with Crippen LogP contribution in [0, 0.1) is 12.7 Å². The summed E-state index contributed by atoms with van der Waals surface area (Å²) < 4.78 is 26.1. The lowest BCUT2D eigenvalue weighted by molar-refractivity contribution is -0.114. The molecule has 1 N–H and O–H groups in total. The van der Waals surface area contributed by atoms with E-state index in [2.05, 4.69) is 20.4 Å². The first-order valence-electron chi connectivity index (χ1n) is 8.99. The molecule has 1 heterocycles. The molecule has 0 aliphatic carbocycles. The number of oxime groups is 1. The number of likely N-dealkylation sites (N-methyl/N-ethyl adjacent to an activating group) is 1. The van der Waals surface area contributed by atoms with Crippen LogP contribution in [0.15, 0.2) is 53.9 Å². The van der Waals surface area contributed by atoms with Gasteiger partial charge >= 0.3 is 0 Å². The molecule has 10 heteroatoms. The Morgan fingerprint density at radius 1 is 1.10 bits per heavy atom. The maximum absolute atomic E-state index is 14.6. The Hall–Kier alpha value is -3.72.